The van der Waals surface area contributed by atoms with E-state index in [0.717, 1.165) is 36.2 Å². The summed E-state index contributed by atoms with van der Waals surface area (Å²) in [5.41, 5.74) is 5.44. The lowest BCUT2D eigenvalue weighted by Gasteiger charge is -2.22. The normalized spacial score (nSPS) is 11.6. The molecule has 0 saturated carbocycles. The predicted molar refractivity (Wildman–Crippen MR) is 100 cm³/mol. The monoisotopic (exact) mass is 334 g/mol. The Morgan fingerprint density at radius 1 is 1.09 bits per heavy atom. The molecule has 2 aromatic rings. The molecule has 1 heterocycles. The van der Waals surface area contributed by atoms with Crippen molar-refractivity contribution in [1.29, 1.82) is 0 Å². The molecule has 0 atom stereocenters. The summed E-state index contributed by atoms with van der Waals surface area (Å²) in [5, 5.41) is 3.95. The molecule has 0 aliphatic rings. The highest BCUT2D eigenvalue weighted by Gasteiger charge is 2.05. The highest BCUT2D eigenvalue weighted by atomic mass is 35.5. The van der Waals surface area contributed by atoms with Gasteiger partial charge in [0, 0.05) is 30.2 Å². The SMILES string of the molecule is CCN(CC)CCCCN(C)Nc1ccnc2cc(Cl)ccc12. The number of anilines is 1. The van der Waals surface area contributed by atoms with E-state index in [2.05, 4.69) is 41.2 Å². The minimum absolute atomic E-state index is 0.715. The fourth-order valence-electron chi connectivity index (χ4n) is 2.70. The van der Waals surface area contributed by atoms with E-state index in [1.807, 2.05) is 30.5 Å². The van der Waals surface area contributed by atoms with Crippen molar-refractivity contribution in [2.24, 2.45) is 0 Å². The molecule has 126 valence electrons. The van der Waals surface area contributed by atoms with Crippen molar-refractivity contribution in [3.63, 3.8) is 0 Å². The molecule has 1 aromatic carbocycles. The number of hydrogen-bond donors (Lipinski definition) is 1. The standard InChI is InChI=1S/C18H27ClN4/c1-4-23(5-2)13-7-6-12-22(3)21-17-10-11-20-18-14-15(19)8-9-16(17)18/h8-11,14H,4-7,12-13H2,1-3H3,(H,20,21). The number of halogens is 1. The van der Waals surface area contributed by atoms with Crippen molar-refractivity contribution in [1.82, 2.24) is 14.9 Å². The van der Waals surface area contributed by atoms with E-state index in [-0.39, 0.29) is 0 Å². The second-order valence-electron chi connectivity index (χ2n) is 5.79. The third-order valence-electron chi connectivity index (χ3n) is 4.13. The zero-order valence-electron chi connectivity index (χ0n) is 14.3. The second-order valence-corrected chi connectivity index (χ2v) is 6.22. The molecular formula is C18H27ClN4. The van der Waals surface area contributed by atoms with Crippen LogP contribution in [0, 0.1) is 0 Å². The minimum Gasteiger partial charge on any atom is -0.318 e. The summed E-state index contributed by atoms with van der Waals surface area (Å²) in [6, 6.07) is 7.82. The maximum absolute atomic E-state index is 6.04. The number of pyridine rings is 1. The van der Waals surface area contributed by atoms with Crippen LogP contribution in [0.15, 0.2) is 30.5 Å². The van der Waals surface area contributed by atoms with Crippen molar-refractivity contribution in [2.75, 3.05) is 38.7 Å². The summed E-state index contributed by atoms with van der Waals surface area (Å²) in [6.45, 7) is 8.90. The zero-order valence-corrected chi connectivity index (χ0v) is 15.1. The van der Waals surface area contributed by atoms with E-state index in [1.165, 1.54) is 19.4 Å². The van der Waals surface area contributed by atoms with Gasteiger partial charge in [0.15, 0.2) is 0 Å². The first kappa shape index (κ1) is 18.0. The van der Waals surface area contributed by atoms with Gasteiger partial charge in [0.2, 0.25) is 0 Å². The van der Waals surface area contributed by atoms with Crippen molar-refractivity contribution in [3.8, 4) is 0 Å². The Labute approximate surface area is 144 Å². The van der Waals surface area contributed by atoms with Gasteiger partial charge in [-0.25, -0.2) is 5.01 Å². The number of nitrogens with zero attached hydrogens (tertiary/aromatic N) is 3. The minimum atomic E-state index is 0.715. The molecular weight excluding hydrogens is 308 g/mol. The Morgan fingerprint density at radius 3 is 2.57 bits per heavy atom. The first-order valence-electron chi connectivity index (χ1n) is 8.38. The fourth-order valence-corrected chi connectivity index (χ4v) is 2.87. The Hall–Kier alpha value is -1.36. The summed E-state index contributed by atoms with van der Waals surface area (Å²) in [7, 11) is 2.08. The summed E-state index contributed by atoms with van der Waals surface area (Å²) in [5.74, 6) is 0. The molecule has 1 aromatic heterocycles. The lowest BCUT2D eigenvalue weighted by Crippen LogP contribution is -2.28. The van der Waals surface area contributed by atoms with Gasteiger partial charge in [-0.2, -0.15) is 0 Å². The van der Waals surface area contributed by atoms with Crippen LogP contribution in [0.5, 0.6) is 0 Å². The van der Waals surface area contributed by atoms with Crippen LogP contribution in [0.3, 0.4) is 0 Å². The molecule has 0 radical (unpaired) electrons. The lowest BCUT2D eigenvalue weighted by molar-refractivity contribution is 0.287. The lowest BCUT2D eigenvalue weighted by atomic mass is 10.2. The fraction of sp³-hybridized carbons (Fsp3) is 0.500. The molecule has 0 amide bonds. The molecule has 0 aliphatic heterocycles. The Bertz CT molecular complexity index is 613. The summed E-state index contributed by atoms with van der Waals surface area (Å²) >= 11 is 6.04. The first-order valence-corrected chi connectivity index (χ1v) is 8.76. The smallest absolute Gasteiger partial charge is 0.0738 e. The maximum Gasteiger partial charge on any atom is 0.0738 e. The van der Waals surface area contributed by atoms with Crippen molar-refractivity contribution < 1.29 is 0 Å². The van der Waals surface area contributed by atoms with E-state index < -0.39 is 0 Å². The quantitative estimate of drug-likeness (QED) is 0.548. The molecule has 4 nitrogen and oxygen atoms in total. The number of unbranched alkanes of at least 4 members (excludes halogenated alkanes) is 1. The number of aromatic nitrogens is 1. The Kier molecular flexibility index (Phi) is 7.09. The zero-order chi connectivity index (χ0) is 16.7. The second kappa shape index (κ2) is 9.06. The van der Waals surface area contributed by atoms with Gasteiger partial charge < -0.3 is 10.3 Å². The highest BCUT2D eigenvalue weighted by molar-refractivity contribution is 6.31. The van der Waals surface area contributed by atoms with Gasteiger partial charge in [0.1, 0.15) is 0 Å². The van der Waals surface area contributed by atoms with Crippen LogP contribution in [-0.4, -0.2) is 48.1 Å². The molecule has 2 rings (SSSR count). The molecule has 23 heavy (non-hydrogen) atoms. The van der Waals surface area contributed by atoms with E-state index >= 15 is 0 Å². The third kappa shape index (κ3) is 5.34. The average Bonchev–Trinajstić information content (AvgIpc) is 2.55. The van der Waals surface area contributed by atoms with Gasteiger partial charge in [-0.05, 0) is 56.7 Å². The van der Waals surface area contributed by atoms with Gasteiger partial charge in [0.25, 0.3) is 0 Å². The number of rotatable bonds is 9. The van der Waals surface area contributed by atoms with Gasteiger partial charge >= 0.3 is 0 Å². The van der Waals surface area contributed by atoms with E-state index in [1.54, 1.807) is 0 Å². The van der Waals surface area contributed by atoms with E-state index in [0.29, 0.717) is 5.02 Å². The largest absolute Gasteiger partial charge is 0.318 e. The number of nitrogens with one attached hydrogen (secondary N) is 1. The maximum atomic E-state index is 6.04. The molecule has 0 unspecified atom stereocenters. The van der Waals surface area contributed by atoms with Crippen LogP contribution in [-0.2, 0) is 0 Å². The molecule has 0 fully saturated rings. The summed E-state index contributed by atoms with van der Waals surface area (Å²) < 4.78 is 0. The van der Waals surface area contributed by atoms with Gasteiger partial charge in [-0.3, -0.25) is 4.98 Å². The molecule has 0 spiro atoms. The van der Waals surface area contributed by atoms with Crippen LogP contribution >= 0.6 is 11.6 Å². The van der Waals surface area contributed by atoms with Crippen LogP contribution in [0.2, 0.25) is 5.02 Å². The number of fused-ring (bicyclic) bond motifs is 1. The predicted octanol–water partition coefficient (Wildman–Crippen LogP) is 4.27. The molecule has 0 aliphatic carbocycles. The molecule has 0 saturated heterocycles. The van der Waals surface area contributed by atoms with Crippen molar-refractivity contribution in [3.05, 3.63) is 35.5 Å². The summed E-state index contributed by atoms with van der Waals surface area (Å²) in [6.07, 6.45) is 4.21. The van der Waals surface area contributed by atoms with Gasteiger partial charge in [-0.1, -0.05) is 25.4 Å². The Morgan fingerprint density at radius 2 is 1.83 bits per heavy atom. The molecule has 0 bridgehead atoms. The van der Waals surface area contributed by atoms with Gasteiger partial charge in [-0.15, -0.1) is 0 Å². The number of hydrogen-bond acceptors (Lipinski definition) is 4. The van der Waals surface area contributed by atoms with E-state index in [4.69, 9.17) is 11.6 Å². The molecule has 1 N–H and O–H groups in total. The van der Waals surface area contributed by atoms with Crippen LogP contribution in [0.25, 0.3) is 10.9 Å². The highest BCUT2D eigenvalue weighted by Crippen LogP contribution is 2.24. The number of benzene rings is 1. The topological polar surface area (TPSA) is 31.4 Å². The Balaban J connectivity index is 1.87. The summed E-state index contributed by atoms with van der Waals surface area (Å²) in [4.78, 5) is 6.84. The van der Waals surface area contributed by atoms with Crippen LogP contribution in [0.4, 0.5) is 5.69 Å². The van der Waals surface area contributed by atoms with Crippen molar-refractivity contribution >= 4 is 28.2 Å². The first-order chi connectivity index (χ1) is 11.1. The van der Waals surface area contributed by atoms with E-state index in [9.17, 15) is 0 Å². The molecule has 5 heteroatoms. The van der Waals surface area contributed by atoms with Gasteiger partial charge in [0.05, 0.1) is 11.2 Å². The average molecular weight is 335 g/mol. The van der Waals surface area contributed by atoms with Crippen molar-refractivity contribution in [2.45, 2.75) is 26.7 Å². The number of hydrazine groups is 1. The van der Waals surface area contributed by atoms with Crippen LogP contribution < -0.4 is 5.43 Å². The third-order valence-corrected chi connectivity index (χ3v) is 4.36. The van der Waals surface area contributed by atoms with Crippen LogP contribution in [0.1, 0.15) is 26.7 Å².